The van der Waals surface area contributed by atoms with Gasteiger partial charge in [0, 0.05) is 6.20 Å². The summed E-state index contributed by atoms with van der Waals surface area (Å²) in [6.07, 6.45) is 9.38. The van der Waals surface area contributed by atoms with Crippen LogP contribution in [0.5, 0.6) is 0 Å². The third kappa shape index (κ3) is 1.69. The lowest BCUT2D eigenvalue weighted by Crippen LogP contribution is -2.18. The maximum Gasteiger partial charge on any atom is 0.0779 e. The van der Waals surface area contributed by atoms with Crippen LogP contribution in [0.25, 0.3) is 0 Å². The Morgan fingerprint density at radius 2 is 2.43 bits per heavy atom. The SMILES string of the molecule is Ic1cnn(C[C@H]2CCC3(CC3)O2)c1. The summed E-state index contributed by atoms with van der Waals surface area (Å²) in [6.45, 7) is 0.921. The van der Waals surface area contributed by atoms with Crippen molar-refractivity contribution in [3.63, 3.8) is 0 Å². The standard InChI is InChI=1S/C10H13IN2O/c11-8-5-12-13(6-8)7-9-1-2-10(14-9)3-4-10/h5-6,9H,1-4,7H2/t9-/m1/s1. The molecule has 1 aromatic heterocycles. The third-order valence-corrected chi connectivity index (χ3v) is 3.70. The number of hydrogen-bond acceptors (Lipinski definition) is 2. The van der Waals surface area contributed by atoms with Crippen LogP contribution in [0.3, 0.4) is 0 Å². The summed E-state index contributed by atoms with van der Waals surface area (Å²) < 4.78 is 9.20. The van der Waals surface area contributed by atoms with E-state index in [4.69, 9.17) is 4.74 Å². The van der Waals surface area contributed by atoms with Crippen LogP contribution in [0.4, 0.5) is 0 Å². The highest BCUT2D eigenvalue weighted by molar-refractivity contribution is 14.1. The molecule has 0 radical (unpaired) electrons. The van der Waals surface area contributed by atoms with E-state index in [0.717, 1.165) is 6.54 Å². The second-order valence-corrected chi connectivity index (χ2v) is 5.59. The van der Waals surface area contributed by atoms with Crippen LogP contribution < -0.4 is 0 Å². The Morgan fingerprint density at radius 3 is 3.00 bits per heavy atom. The first kappa shape index (κ1) is 9.15. The van der Waals surface area contributed by atoms with Crippen LogP contribution in [-0.4, -0.2) is 21.5 Å². The summed E-state index contributed by atoms with van der Waals surface area (Å²) in [6, 6.07) is 0. The molecule has 2 aliphatic rings. The average Bonchev–Trinajstić information content (AvgIpc) is 2.58. The summed E-state index contributed by atoms with van der Waals surface area (Å²) >= 11 is 2.28. The summed E-state index contributed by atoms with van der Waals surface area (Å²) in [5.74, 6) is 0. The Labute approximate surface area is 97.0 Å². The number of rotatable bonds is 2. The minimum Gasteiger partial charge on any atom is -0.370 e. The van der Waals surface area contributed by atoms with Gasteiger partial charge in [0.2, 0.25) is 0 Å². The molecule has 76 valence electrons. The minimum absolute atomic E-state index is 0.310. The van der Waals surface area contributed by atoms with Gasteiger partial charge in [0.25, 0.3) is 0 Å². The van der Waals surface area contributed by atoms with Crippen LogP contribution in [0.15, 0.2) is 12.4 Å². The molecule has 4 heteroatoms. The van der Waals surface area contributed by atoms with Crippen molar-refractivity contribution in [2.75, 3.05) is 0 Å². The van der Waals surface area contributed by atoms with Crippen LogP contribution in [0, 0.1) is 3.57 Å². The number of hydrogen-bond donors (Lipinski definition) is 0. The van der Waals surface area contributed by atoms with Crippen LogP contribution in [0.1, 0.15) is 25.7 Å². The van der Waals surface area contributed by atoms with E-state index in [9.17, 15) is 0 Å². The second-order valence-electron chi connectivity index (χ2n) is 4.34. The van der Waals surface area contributed by atoms with E-state index < -0.39 is 0 Å². The Hall–Kier alpha value is -0.100. The molecular weight excluding hydrogens is 291 g/mol. The molecule has 0 bridgehead atoms. The van der Waals surface area contributed by atoms with Gasteiger partial charge in [-0.25, -0.2) is 0 Å². The van der Waals surface area contributed by atoms with Gasteiger partial charge >= 0.3 is 0 Å². The van der Waals surface area contributed by atoms with Gasteiger partial charge in [-0.15, -0.1) is 0 Å². The van der Waals surface area contributed by atoms with E-state index in [1.807, 2.05) is 10.9 Å². The minimum atomic E-state index is 0.310. The van der Waals surface area contributed by atoms with E-state index in [-0.39, 0.29) is 0 Å². The molecule has 1 atom stereocenters. The Balaban J connectivity index is 1.63. The van der Waals surface area contributed by atoms with Gasteiger partial charge in [-0.1, -0.05) is 0 Å². The van der Waals surface area contributed by atoms with E-state index in [1.165, 1.54) is 29.3 Å². The Bertz CT molecular complexity index is 346. The molecule has 0 amide bonds. The highest BCUT2D eigenvalue weighted by Gasteiger charge is 2.49. The quantitative estimate of drug-likeness (QED) is 0.783. The fraction of sp³-hybridized carbons (Fsp3) is 0.700. The molecule has 1 saturated carbocycles. The number of nitrogens with zero attached hydrogens (tertiary/aromatic N) is 2. The van der Waals surface area contributed by atoms with E-state index in [0.29, 0.717) is 11.7 Å². The fourth-order valence-corrected chi connectivity index (χ4v) is 2.62. The molecule has 0 N–H and O–H groups in total. The van der Waals surface area contributed by atoms with Crippen molar-refractivity contribution < 1.29 is 4.74 Å². The molecule has 1 spiro atoms. The monoisotopic (exact) mass is 304 g/mol. The zero-order valence-electron chi connectivity index (χ0n) is 7.95. The molecule has 1 aliphatic heterocycles. The molecule has 14 heavy (non-hydrogen) atoms. The Kier molecular flexibility index (Phi) is 2.09. The van der Waals surface area contributed by atoms with Crippen molar-refractivity contribution >= 4 is 22.6 Å². The van der Waals surface area contributed by atoms with Gasteiger partial charge in [0.15, 0.2) is 0 Å². The van der Waals surface area contributed by atoms with Gasteiger partial charge in [0.1, 0.15) is 0 Å². The van der Waals surface area contributed by atoms with E-state index in [1.54, 1.807) is 0 Å². The average molecular weight is 304 g/mol. The maximum atomic E-state index is 6.01. The number of halogens is 1. The third-order valence-electron chi connectivity index (χ3n) is 3.14. The van der Waals surface area contributed by atoms with Crippen molar-refractivity contribution in [2.24, 2.45) is 0 Å². The second kappa shape index (κ2) is 3.20. The molecule has 2 heterocycles. The molecule has 1 aromatic rings. The van der Waals surface area contributed by atoms with E-state index >= 15 is 0 Å². The highest BCUT2D eigenvalue weighted by Crippen LogP contribution is 2.49. The van der Waals surface area contributed by atoms with Gasteiger partial charge in [-0.2, -0.15) is 5.10 Å². The molecule has 0 aromatic carbocycles. The highest BCUT2D eigenvalue weighted by atomic mass is 127. The lowest BCUT2D eigenvalue weighted by molar-refractivity contribution is 0.0177. The molecule has 2 fully saturated rings. The lowest BCUT2D eigenvalue weighted by atomic mass is 10.2. The lowest BCUT2D eigenvalue weighted by Gasteiger charge is -2.12. The molecule has 3 nitrogen and oxygen atoms in total. The molecular formula is C10H13IN2O. The zero-order valence-corrected chi connectivity index (χ0v) is 10.1. The first-order valence-corrected chi connectivity index (χ1v) is 6.19. The summed E-state index contributed by atoms with van der Waals surface area (Å²) in [5.41, 5.74) is 0.310. The van der Waals surface area contributed by atoms with Crippen LogP contribution >= 0.6 is 22.6 Å². The normalized spacial score (nSPS) is 28.5. The first-order valence-electron chi connectivity index (χ1n) is 5.12. The van der Waals surface area contributed by atoms with Crippen molar-refractivity contribution in [1.82, 2.24) is 9.78 Å². The van der Waals surface area contributed by atoms with Crippen molar-refractivity contribution in [1.29, 1.82) is 0 Å². The predicted octanol–water partition coefficient (Wildman–Crippen LogP) is 2.20. The van der Waals surface area contributed by atoms with Crippen LogP contribution in [0.2, 0.25) is 0 Å². The molecule has 0 unspecified atom stereocenters. The van der Waals surface area contributed by atoms with Crippen LogP contribution in [-0.2, 0) is 11.3 Å². The molecule has 1 saturated heterocycles. The predicted molar refractivity (Wildman–Crippen MR) is 61.0 cm³/mol. The van der Waals surface area contributed by atoms with Crippen molar-refractivity contribution in [2.45, 2.75) is 43.9 Å². The number of ether oxygens (including phenoxy) is 1. The Morgan fingerprint density at radius 1 is 1.57 bits per heavy atom. The van der Waals surface area contributed by atoms with Gasteiger partial charge in [0.05, 0.1) is 28.0 Å². The fourth-order valence-electron chi connectivity index (χ4n) is 2.18. The van der Waals surface area contributed by atoms with Crippen molar-refractivity contribution in [3.05, 3.63) is 16.0 Å². The van der Waals surface area contributed by atoms with E-state index in [2.05, 4.69) is 33.9 Å². The summed E-state index contributed by atoms with van der Waals surface area (Å²) in [7, 11) is 0. The molecule has 1 aliphatic carbocycles. The molecule has 3 rings (SSSR count). The number of aromatic nitrogens is 2. The topological polar surface area (TPSA) is 27.1 Å². The maximum absolute atomic E-state index is 6.01. The first-order chi connectivity index (χ1) is 6.76. The smallest absolute Gasteiger partial charge is 0.0779 e. The summed E-state index contributed by atoms with van der Waals surface area (Å²) in [5, 5.41) is 4.28. The largest absolute Gasteiger partial charge is 0.370 e. The van der Waals surface area contributed by atoms with Crippen molar-refractivity contribution in [3.8, 4) is 0 Å². The zero-order chi connectivity index (χ0) is 9.60. The van der Waals surface area contributed by atoms with Gasteiger partial charge in [-0.3, -0.25) is 4.68 Å². The summed E-state index contributed by atoms with van der Waals surface area (Å²) in [4.78, 5) is 0. The van der Waals surface area contributed by atoms with Gasteiger partial charge in [-0.05, 0) is 48.3 Å². The van der Waals surface area contributed by atoms with Gasteiger partial charge < -0.3 is 4.74 Å².